The molecule has 0 aliphatic carbocycles. The highest BCUT2D eigenvalue weighted by Crippen LogP contribution is 2.21. The van der Waals surface area contributed by atoms with Gasteiger partial charge < -0.3 is 15.3 Å². The SMILES string of the molecule is Cn1ncc(Cl)c1S(=O)(=O)NC(CO)(CO)CO. The number of nitrogens with one attached hydrogen (secondary N) is 1. The Morgan fingerprint density at radius 1 is 1.39 bits per heavy atom. The lowest BCUT2D eigenvalue weighted by Gasteiger charge is -2.28. The van der Waals surface area contributed by atoms with Crippen LogP contribution in [0, 0.1) is 0 Å². The molecule has 1 aromatic heterocycles. The average Bonchev–Trinajstić information content (AvgIpc) is 2.67. The van der Waals surface area contributed by atoms with E-state index in [-0.39, 0.29) is 10.0 Å². The molecule has 10 heteroatoms. The number of hydrogen-bond acceptors (Lipinski definition) is 6. The second kappa shape index (κ2) is 5.51. The van der Waals surface area contributed by atoms with Crippen LogP contribution in [0.25, 0.3) is 0 Å². The van der Waals surface area contributed by atoms with Crippen LogP contribution in [0.2, 0.25) is 5.02 Å². The van der Waals surface area contributed by atoms with E-state index in [1.54, 1.807) is 0 Å². The van der Waals surface area contributed by atoms with E-state index in [9.17, 15) is 8.42 Å². The number of hydrogen-bond donors (Lipinski definition) is 4. The van der Waals surface area contributed by atoms with Crippen molar-refractivity contribution in [3.8, 4) is 0 Å². The van der Waals surface area contributed by atoms with Crippen LogP contribution >= 0.6 is 11.6 Å². The molecular weight excluding hydrogens is 286 g/mol. The van der Waals surface area contributed by atoms with Gasteiger partial charge in [0.15, 0.2) is 5.03 Å². The summed E-state index contributed by atoms with van der Waals surface area (Å²) >= 11 is 5.70. The summed E-state index contributed by atoms with van der Waals surface area (Å²) in [5.74, 6) is 0. The number of aliphatic hydroxyl groups is 3. The third kappa shape index (κ3) is 2.82. The second-order valence-electron chi connectivity index (χ2n) is 3.78. The quantitative estimate of drug-likeness (QED) is 0.485. The second-order valence-corrected chi connectivity index (χ2v) is 5.79. The molecule has 0 amide bonds. The monoisotopic (exact) mass is 299 g/mol. The van der Waals surface area contributed by atoms with Gasteiger partial charge in [0.1, 0.15) is 5.54 Å². The van der Waals surface area contributed by atoms with Crippen molar-refractivity contribution in [2.75, 3.05) is 19.8 Å². The van der Waals surface area contributed by atoms with Crippen LogP contribution in [-0.2, 0) is 17.1 Å². The van der Waals surface area contributed by atoms with E-state index >= 15 is 0 Å². The van der Waals surface area contributed by atoms with Crippen molar-refractivity contribution < 1.29 is 23.7 Å². The maximum atomic E-state index is 12.0. The van der Waals surface area contributed by atoms with Crippen molar-refractivity contribution in [2.45, 2.75) is 10.6 Å². The first-order valence-corrected chi connectivity index (χ1v) is 6.72. The number of aryl methyl sites for hydroxylation is 1. The zero-order valence-corrected chi connectivity index (χ0v) is 11.1. The number of nitrogens with zero attached hydrogens (tertiary/aromatic N) is 2. The van der Waals surface area contributed by atoms with E-state index in [2.05, 4.69) is 5.10 Å². The molecule has 0 fully saturated rings. The summed E-state index contributed by atoms with van der Waals surface area (Å²) in [6, 6.07) is 0. The summed E-state index contributed by atoms with van der Waals surface area (Å²) < 4.78 is 27.1. The molecule has 1 rings (SSSR count). The van der Waals surface area contributed by atoms with Gasteiger partial charge in [-0.05, 0) is 0 Å². The molecule has 0 saturated carbocycles. The first-order valence-electron chi connectivity index (χ1n) is 4.86. The molecule has 1 heterocycles. The molecule has 0 unspecified atom stereocenters. The fourth-order valence-corrected chi connectivity index (χ4v) is 3.32. The Labute approximate surface area is 109 Å². The van der Waals surface area contributed by atoms with Crippen LogP contribution in [0.1, 0.15) is 0 Å². The van der Waals surface area contributed by atoms with Crippen LogP contribution in [0.5, 0.6) is 0 Å². The zero-order chi connectivity index (χ0) is 14.0. The average molecular weight is 300 g/mol. The van der Waals surface area contributed by atoms with E-state index in [0.29, 0.717) is 0 Å². The van der Waals surface area contributed by atoms with Crippen LogP contribution in [0.4, 0.5) is 0 Å². The first-order chi connectivity index (χ1) is 8.32. The van der Waals surface area contributed by atoms with Crippen molar-refractivity contribution in [3.05, 3.63) is 11.2 Å². The topological polar surface area (TPSA) is 125 Å². The standard InChI is InChI=1S/C8H14ClN3O5S/c1-12-7(6(9)2-10-12)18(16,17)11-8(3-13,4-14)5-15/h2,11,13-15H,3-5H2,1H3. The van der Waals surface area contributed by atoms with Crippen LogP contribution in [0.15, 0.2) is 11.2 Å². The minimum absolute atomic E-state index is 0.104. The van der Waals surface area contributed by atoms with Crippen molar-refractivity contribution >= 4 is 21.6 Å². The van der Waals surface area contributed by atoms with Gasteiger partial charge in [0.05, 0.1) is 31.0 Å². The van der Waals surface area contributed by atoms with Crippen molar-refractivity contribution in [3.63, 3.8) is 0 Å². The summed E-state index contributed by atoms with van der Waals surface area (Å²) in [5, 5.41) is 30.5. The number of rotatable bonds is 6. The van der Waals surface area contributed by atoms with Gasteiger partial charge in [-0.1, -0.05) is 11.6 Å². The van der Waals surface area contributed by atoms with Gasteiger partial charge in [-0.2, -0.15) is 9.82 Å². The third-order valence-corrected chi connectivity index (χ3v) is 4.44. The molecule has 0 saturated heterocycles. The highest BCUT2D eigenvalue weighted by molar-refractivity contribution is 7.89. The van der Waals surface area contributed by atoms with Crippen molar-refractivity contribution in [1.82, 2.24) is 14.5 Å². The number of aromatic nitrogens is 2. The van der Waals surface area contributed by atoms with Gasteiger partial charge in [0.25, 0.3) is 10.0 Å². The molecule has 0 spiro atoms. The summed E-state index contributed by atoms with van der Waals surface area (Å²) in [6.45, 7) is -2.31. The van der Waals surface area contributed by atoms with Gasteiger partial charge in [-0.15, -0.1) is 0 Å². The molecule has 8 nitrogen and oxygen atoms in total. The van der Waals surface area contributed by atoms with E-state index in [4.69, 9.17) is 26.9 Å². The summed E-state index contributed by atoms with van der Waals surface area (Å²) in [5.41, 5.74) is -1.76. The lowest BCUT2D eigenvalue weighted by Crippen LogP contribution is -2.57. The predicted molar refractivity (Wildman–Crippen MR) is 62.5 cm³/mol. The molecule has 0 atom stereocenters. The van der Waals surface area contributed by atoms with Gasteiger partial charge >= 0.3 is 0 Å². The van der Waals surface area contributed by atoms with E-state index in [1.165, 1.54) is 7.05 Å². The maximum absolute atomic E-state index is 12.0. The summed E-state index contributed by atoms with van der Waals surface area (Å²) in [4.78, 5) is 0. The van der Waals surface area contributed by atoms with Crippen LogP contribution in [-0.4, -0.2) is 58.9 Å². The van der Waals surface area contributed by atoms with E-state index < -0.39 is 35.4 Å². The van der Waals surface area contributed by atoms with Crippen LogP contribution < -0.4 is 4.72 Å². The first kappa shape index (κ1) is 15.3. The zero-order valence-electron chi connectivity index (χ0n) is 9.54. The van der Waals surface area contributed by atoms with Gasteiger partial charge in [0, 0.05) is 7.05 Å². The molecule has 4 N–H and O–H groups in total. The fourth-order valence-electron chi connectivity index (χ4n) is 1.28. The highest BCUT2D eigenvalue weighted by atomic mass is 35.5. The van der Waals surface area contributed by atoms with Crippen LogP contribution in [0.3, 0.4) is 0 Å². The molecule has 0 radical (unpaired) electrons. The molecule has 1 aromatic rings. The van der Waals surface area contributed by atoms with Crippen molar-refractivity contribution in [1.29, 1.82) is 0 Å². The molecule has 18 heavy (non-hydrogen) atoms. The minimum Gasteiger partial charge on any atom is -0.394 e. The summed E-state index contributed by atoms with van der Waals surface area (Å²) in [6.07, 6.45) is 1.15. The van der Waals surface area contributed by atoms with Gasteiger partial charge in [-0.3, -0.25) is 4.68 Å². The number of sulfonamides is 1. The predicted octanol–water partition coefficient (Wildman–Crippen LogP) is -1.93. The lowest BCUT2D eigenvalue weighted by atomic mass is 10.1. The normalized spacial score (nSPS) is 12.9. The Hall–Kier alpha value is -0.710. The van der Waals surface area contributed by atoms with Gasteiger partial charge in [0.2, 0.25) is 0 Å². The number of aliphatic hydroxyl groups excluding tert-OH is 3. The Morgan fingerprint density at radius 3 is 2.22 bits per heavy atom. The largest absolute Gasteiger partial charge is 0.394 e. The Bertz CT molecular complexity index is 483. The molecule has 0 bridgehead atoms. The Balaban J connectivity index is 3.17. The molecular formula is C8H14ClN3O5S. The number of halogens is 1. The van der Waals surface area contributed by atoms with Gasteiger partial charge in [-0.25, -0.2) is 8.42 Å². The Kier molecular flexibility index (Phi) is 4.70. The third-order valence-electron chi connectivity index (χ3n) is 2.36. The summed E-state index contributed by atoms with van der Waals surface area (Å²) in [7, 11) is -2.76. The molecule has 104 valence electrons. The highest BCUT2D eigenvalue weighted by Gasteiger charge is 2.36. The maximum Gasteiger partial charge on any atom is 0.259 e. The smallest absolute Gasteiger partial charge is 0.259 e. The Morgan fingerprint density at radius 2 is 1.89 bits per heavy atom. The fraction of sp³-hybridized carbons (Fsp3) is 0.625. The van der Waals surface area contributed by atoms with Crippen molar-refractivity contribution in [2.24, 2.45) is 7.05 Å². The lowest BCUT2D eigenvalue weighted by molar-refractivity contribution is 0.0581. The molecule has 0 aliphatic rings. The van der Waals surface area contributed by atoms with E-state index in [1.807, 2.05) is 4.72 Å². The van der Waals surface area contributed by atoms with E-state index in [0.717, 1.165) is 10.9 Å². The molecule has 0 aliphatic heterocycles. The minimum atomic E-state index is -4.13. The molecule has 0 aromatic carbocycles.